The summed E-state index contributed by atoms with van der Waals surface area (Å²) in [4.78, 5) is 0. The maximum atomic E-state index is 2.56. The van der Waals surface area contributed by atoms with Gasteiger partial charge in [0.1, 0.15) is 0 Å². The van der Waals surface area contributed by atoms with Gasteiger partial charge in [-0.2, -0.15) is 0 Å². The highest BCUT2D eigenvalue weighted by Crippen LogP contribution is 2.53. The molecule has 0 amide bonds. The van der Waals surface area contributed by atoms with Gasteiger partial charge in [-0.1, -0.05) is 129 Å². The minimum atomic E-state index is -0.0286. The van der Waals surface area contributed by atoms with Crippen LogP contribution < -0.4 is 0 Å². The molecule has 0 aliphatic heterocycles. The van der Waals surface area contributed by atoms with Crippen LogP contribution >= 0.6 is 0 Å². The summed E-state index contributed by atoms with van der Waals surface area (Å²) in [6, 6.07) is 44.9. The molecule has 0 fully saturated rings. The van der Waals surface area contributed by atoms with Crippen LogP contribution in [0, 0.1) is 0 Å². The van der Waals surface area contributed by atoms with E-state index in [1.807, 2.05) is 0 Å². The van der Waals surface area contributed by atoms with Gasteiger partial charge in [0.2, 0.25) is 0 Å². The molecule has 1 aromatic heterocycles. The molecule has 0 spiro atoms. The Kier molecular flexibility index (Phi) is 5.44. The Hall–Kier alpha value is -4.62. The van der Waals surface area contributed by atoms with Crippen LogP contribution in [0.4, 0.5) is 0 Å². The van der Waals surface area contributed by atoms with Gasteiger partial charge in [0.15, 0.2) is 0 Å². The van der Waals surface area contributed by atoms with Crippen LogP contribution in [-0.4, -0.2) is 4.57 Å². The molecule has 198 valence electrons. The van der Waals surface area contributed by atoms with Crippen molar-refractivity contribution in [2.75, 3.05) is 0 Å². The molecule has 2 aliphatic rings. The number of hydrogen-bond acceptors (Lipinski definition) is 0. The van der Waals surface area contributed by atoms with E-state index < -0.39 is 0 Å². The Bertz CT molecular complexity index is 1910. The molecule has 0 bridgehead atoms. The molecule has 41 heavy (non-hydrogen) atoms. The Morgan fingerprint density at radius 1 is 0.659 bits per heavy atom. The predicted octanol–water partition coefficient (Wildman–Crippen LogP) is 10.1. The van der Waals surface area contributed by atoms with Gasteiger partial charge in [0.25, 0.3) is 0 Å². The largest absolute Gasteiger partial charge is 0.309 e. The Balaban J connectivity index is 1.42. The maximum Gasteiger partial charge on any atom is 0.0619 e. The van der Waals surface area contributed by atoms with Crippen LogP contribution in [0.3, 0.4) is 0 Å². The van der Waals surface area contributed by atoms with Crippen molar-refractivity contribution in [1.29, 1.82) is 0 Å². The maximum absolute atomic E-state index is 2.56. The van der Waals surface area contributed by atoms with Crippen LogP contribution in [0.5, 0.6) is 0 Å². The molecule has 0 radical (unpaired) electrons. The number of fused-ring (bicyclic) bond motifs is 7. The molecule has 0 atom stereocenters. The minimum absolute atomic E-state index is 0.0286. The molecule has 0 saturated heterocycles. The summed E-state index contributed by atoms with van der Waals surface area (Å²) >= 11 is 0. The highest BCUT2D eigenvalue weighted by molar-refractivity contribution is 6.05. The SMILES string of the molecule is CC1(C)c2ccccc2-c2c1ccc1c3c(n(-c4cccc(C(c5ccccc5)c5ccccc5)c4)c21)C=CCC3. The van der Waals surface area contributed by atoms with Crippen molar-refractivity contribution in [1.82, 2.24) is 4.57 Å². The number of allylic oxidation sites excluding steroid dienone is 1. The van der Waals surface area contributed by atoms with Crippen LogP contribution in [0.1, 0.15) is 65.3 Å². The highest BCUT2D eigenvalue weighted by atomic mass is 15.0. The lowest BCUT2D eigenvalue weighted by atomic mass is 9.82. The molecule has 5 aromatic carbocycles. The first kappa shape index (κ1) is 24.2. The second-order valence-electron chi connectivity index (χ2n) is 12.0. The first-order valence-corrected chi connectivity index (χ1v) is 14.8. The van der Waals surface area contributed by atoms with Crippen molar-refractivity contribution in [2.24, 2.45) is 0 Å². The minimum Gasteiger partial charge on any atom is -0.309 e. The molecule has 0 N–H and O–H groups in total. The zero-order valence-corrected chi connectivity index (χ0v) is 23.6. The fourth-order valence-corrected chi connectivity index (χ4v) is 7.49. The van der Waals surface area contributed by atoms with Crippen molar-refractivity contribution in [3.63, 3.8) is 0 Å². The van der Waals surface area contributed by atoms with Crippen LogP contribution in [0.15, 0.2) is 127 Å². The molecule has 6 aromatic rings. The summed E-state index contributed by atoms with van der Waals surface area (Å²) in [6.07, 6.45) is 6.87. The Morgan fingerprint density at radius 2 is 1.34 bits per heavy atom. The number of aryl methyl sites for hydroxylation is 1. The molecule has 1 heteroatoms. The number of hydrogen-bond donors (Lipinski definition) is 0. The van der Waals surface area contributed by atoms with Crippen LogP contribution in [-0.2, 0) is 11.8 Å². The molecule has 1 heterocycles. The van der Waals surface area contributed by atoms with Crippen LogP contribution in [0.2, 0.25) is 0 Å². The predicted molar refractivity (Wildman–Crippen MR) is 172 cm³/mol. The van der Waals surface area contributed by atoms with E-state index in [9.17, 15) is 0 Å². The van der Waals surface area contributed by atoms with Gasteiger partial charge < -0.3 is 4.57 Å². The highest BCUT2D eigenvalue weighted by Gasteiger charge is 2.38. The van der Waals surface area contributed by atoms with Crippen molar-refractivity contribution >= 4 is 17.0 Å². The number of rotatable bonds is 4. The quantitative estimate of drug-likeness (QED) is 0.201. The molecule has 2 aliphatic carbocycles. The molecule has 1 nitrogen and oxygen atoms in total. The van der Waals surface area contributed by atoms with Gasteiger partial charge in [0.05, 0.1) is 5.52 Å². The van der Waals surface area contributed by atoms with Gasteiger partial charge in [-0.3, -0.25) is 0 Å². The summed E-state index contributed by atoms with van der Waals surface area (Å²) in [6.45, 7) is 4.75. The van der Waals surface area contributed by atoms with E-state index in [1.54, 1.807) is 0 Å². The van der Waals surface area contributed by atoms with E-state index in [0.29, 0.717) is 0 Å². The topological polar surface area (TPSA) is 4.93 Å². The van der Waals surface area contributed by atoms with E-state index >= 15 is 0 Å². The van der Waals surface area contributed by atoms with Gasteiger partial charge in [0, 0.05) is 33.7 Å². The molecular formula is C40H33N. The fraction of sp³-hybridized carbons (Fsp3) is 0.150. The van der Waals surface area contributed by atoms with Crippen molar-refractivity contribution in [3.8, 4) is 16.8 Å². The Morgan fingerprint density at radius 3 is 2.10 bits per heavy atom. The van der Waals surface area contributed by atoms with Crippen LogP contribution in [0.25, 0.3) is 33.8 Å². The third-order valence-corrected chi connectivity index (χ3v) is 9.38. The molecular weight excluding hydrogens is 494 g/mol. The zero-order valence-electron chi connectivity index (χ0n) is 23.6. The van der Waals surface area contributed by atoms with Crippen molar-refractivity contribution < 1.29 is 0 Å². The molecule has 8 rings (SSSR count). The summed E-state index contributed by atoms with van der Waals surface area (Å²) in [5.41, 5.74) is 14.9. The lowest BCUT2D eigenvalue weighted by Crippen LogP contribution is -2.14. The monoisotopic (exact) mass is 527 g/mol. The second kappa shape index (κ2) is 9.21. The first-order valence-electron chi connectivity index (χ1n) is 14.8. The van der Waals surface area contributed by atoms with Gasteiger partial charge in [-0.25, -0.2) is 0 Å². The molecule has 0 unspecified atom stereocenters. The van der Waals surface area contributed by atoms with Crippen molar-refractivity contribution in [3.05, 3.63) is 166 Å². The number of benzene rings is 5. The summed E-state index contributed by atoms with van der Waals surface area (Å²) < 4.78 is 2.56. The lowest BCUT2D eigenvalue weighted by molar-refractivity contribution is 0.661. The zero-order chi connectivity index (χ0) is 27.6. The number of aromatic nitrogens is 1. The average Bonchev–Trinajstić information content (AvgIpc) is 3.48. The van der Waals surface area contributed by atoms with Crippen molar-refractivity contribution in [2.45, 2.75) is 38.0 Å². The second-order valence-corrected chi connectivity index (χ2v) is 12.0. The van der Waals surface area contributed by atoms with E-state index in [0.717, 1.165) is 12.8 Å². The van der Waals surface area contributed by atoms with Gasteiger partial charge >= 0.3 is 0 Å². The lowest BCUT2D eigenvalue weighted by Gasteiger charge is -2.22. The summed E-state index contributed by atoms with van der Waals surface area (Å²) in [7, 11) is 0. The van der Waals surface area contributed by atoms with E-state index in [-0.39, 0.29) is 11.3 Å². The average molecular weight is 528 g/mol. The fourth-order valence-electron chi connectivity index (χ4n) is 7.49. The number of nitrogens with zero attached hydrogens (tertiary/aromatic N) is 1. The van der Waals surface area contributed by atoms with Gasteiger partial charge in [-0.15, -0.1) is 0 Å². The third kappa shape index (κ3) is 3.62. The smallest absolute Gasteiger partial charge is 0.0619 e. The third-order valence-electron chi connectivity index (χ3n) is 9.38. The van der Waals surface area contributed by atoms with E-state index in [2.05, 4.69) is 152 Å². The van der Waals surface area contributed by atoms with E-state index in [1.165, 1.54) is 66.8 Å². The normalized spacial score (nSPS) is 14.7. The first-order chi connectivity index (χ1) is 20.1. The van der Waals surface area contributed by atoms with E-state index in [4.69, 9.17) is 0 Å². The van der Waals surface area contributed by atoms with Gasteiger partial charge in [-0.05, 0) is 70.0 Å². The Labute approximate surface area is 242 Å². The summed E-state index contributed by atoms with van der Waals surface area (Å²) in [5.74, 6) is 0.163. The summed E-state index contributed by atoms with van der Waals surface area (Å²) in [5, 5.41) is 1.39. The standard InChI is InChI=1S/C40H33N/c1-40(2)34-22-11-9-21-33(34)38-35(40)25-24-32-31-20-10-12-23-36(31)41(39(32)38)30-19-13-18-29(26-30)37(27-14-5-3-6-15-27)28-16-7-4-8-17-28/h3-9,11-19,21-26,37H,10,20H2,1-2H3. The molecule has 0 saturated carbocycles.